The molecule has 6 nitrogen and oxygen atoms in total. The molecule has 1 fully saturated rings. The lowest BCUT2D eigenvalue weighted by atomic mass is 10.2. The number of aromatic nitrogens is 2. The second-order valence-electron chi connectivity index (χ2n) is 5.55. The Bertz CT molecular complexity index is 741. The molecular formula is C15H20N4O2S2. The Morgan fingerprint density at radius 1 is 1.35 bits per heavy atom. The van der Waals surface area contributed by atoms with Gasteiger partial charge in [0.1, 0.15) is 10.6 Å². The van der Waals surface area contributed by atoms with Gasteiger partial charge in [0, 0.05) is 18.0 Å². The minimum Gasteiger partial charge on any atom is -0.383 e. The molecule has 0 unspecified atom stereocenters. The fourth-order valence-electron chi connectivity index (χ4n) is 2.56. The molecule has 3 rings (SSSR count). The van der Waals surface area contributed by atoms with Crippen molar-refractivity contribution in [2.45, 2.75) is 31.2 Å². The quantitative estimate of drug-likeness (QED) is 0.674. The average molecular weight is 352 g/mol. The minimum atomic E-state index is -0.243. The van der Waals surface area contributed by atoms with Crippen molar-refractivity contribution < 1.29 is 9.53 Å². The van der Waals surface area contributed by atoms with E-state index < -0.39 is 0 Å². The highest BCUT2D eigenvalue weighted by Gasteiger charge is 2.24. The number of morpholine rings is 1. The molecule has 2 aromatic heterocycles. The van der Waals surface area contributed by atoms with Crippen LogP contribution in [0.2, 0.25) is 0 Å². The van der Waals surface area contributed by atoms with Gasteiger partial charge in [0.25, 0.3) is 0 Å². The smallest absolute Gasteiger partial charge is 0.236 e. The molecule has 3 heterocycles. The van der Waals surface area contributed by atoms with Crippen molar-refractivity contribution in [1.82, 2.24) is 14.9 Å². The van der Waals surface area contributed by atoms with Crippen molar-refractivity contribution in [3.05, 3.63) is 10.4 Å². The van der Waals surface area contributed by atoms with Gasteiger partial charge in [-0.25, -0.2) is 9.97 Å². The molecule has 0 radical (unpaired) electrons. The number of amides is 1. The van der Waals surface area contributed by atoms with Gasteiger partial charge in [-0.05, 0) is 26.3 Å². The highest BCUT2D eigenvalue weighted by molar-refractivity contribution is 8.00. The Labute approximate surface area is 143 Å². The predicted octanol–water partition coefficient (Wildman–Crippen LogP) is 2.23. The summed E-state index contributed by atoms with van der Waals surface area (Å²) in [6, 6.07) is 0. The molecule has 2 N–H and O–H groups in total. The SMILES string of the molecule is Cc1sc2nc(S[C@@H](C)C(=O)N3CCOCC3)nc(N)c2c1C. The summed E-state index contributed by atoms with van der Waals surface area (Å²) >= 11 is 2.98. The summed E-state index contributed by atoms with van der Waals surface area (Å²) in [4.78, 5) is 25.4. The summed E-state index contributed by atoms with van der Waals surface area (Å²) in [5.41, 5.74) is 7.23. The fourth-order valence-corrected chi connectivity index (χ4v) is 4.52. The number of thioether (sulfide) groups is 1. The first-order valence-electron chi connectivity index (χ1n) is 7.53. The van der Waals surface area contributed by atoms with Gasteiger partial charge >= 0.3 is 0 Å². The summed E-state index contributed by atoms with van der Waals surface area (Å²) in [5, 5.41) is 1.25. The Balaban J connectivity index is 1.79. The van der Waals surface area contributed by atoms with Crippen molar-refractivity contribution in [1.29, 1.82) is 0 Å². The second kappa shape index (κ2) is 6.62. The van der Waals surface area contributed by atoms with Crippen LogP contribution in [0.4, 0.5) is 5.82 Å². The van der Waals surface area contributed by atoms with E-state index in [1.54, 1.807) is 11.3 Å². The second-order valence-corrected chi connectivity index (χ2v) is 8.06. The number of thiophene rings is 1. The van der Waals surface area contributed by atoms with Crippen LogP contribution < -0.4 is 5.73 Å². The number of nitrogens with two attached hydrogens (primary N) is 1. The maximum Gasteiger partial charge on any atom is 0.236 e. The number of carbonyl (C=O) groups excluding carboxylic acids is 1. The molecule has 0 bridgehead atoms. The van der Waals surface area contributed by atoms with Crippen LogP contribution in [0.3, 0.4) is 0 Å². The number of rotatable bonds is 3. The van der Waals surface area contributed by atoms with Crippen LogP contribution in [0.1, 0.15) is 17.4 Å². The summed E-state index contributed by atoms with van der Waals surface area (Å²) in [5.74, 6) is 0.587. The predicted molar refractivity (Wildman–Crippen MR) is 94.0 cm³/mol. The standard InChI is InChI=1S/C15H20N4O2S2/c1-8-9(2)22-13-11(8)12(16)17-15(18-13)23-10(3)14(20)19-4-6-21-7-5-19/h10H,4-7H2,1-3H3,(H2,16,17,18)/t10-/m0/s1. The summed E-state index contributed by atoms with van der Waals surface area (Å²) < 4.78 is 5.28. The van der Waals surface area contributed by atoms with Crippen LogP contribution in [0.25, 0.3) is 10.2 Å². The van der Waals surface area contributed by atoms with Crippen LogP contribution in [0.5, 0.6) is 0 Å². The molecule has 124 valence electrons. The number of hydrogen-bond donors (Lipinski definition) is 1. The van der Waals surface area contributed by atoms with Crippen LogP contribution in [0, 0.1) is 13.8 Å². The Morgan fingerprint density at radius 2 is 2.04 bits per heavy atom. The van der Waals surface area contributed by atoms with E-state index in [9.17, 15) is 4.79 Å². The van der Waals surface area contributed by atoms with Crippen LogP contribution in [-0.4, -0.2) is 52.3 Å². The number of nitrogen functional groups attached to an aromatic ring is 1. The summed E-state index contributed by atoms with van der Waals surface area (Å²) in [6.45, 7) is 8.48. The third-order valence-electron chi connectivity index (χ3n) is 3.99. The number of hydrogen-bond acceptors (Lipinski definition) is 7. The van der Waals surface area contributed by atoms with Gasteiger partial charge < -0.3 is 15.4 Å². The first-order chi connectivity index (χ1) is 11.0. The first-order valence-corrected chi connectivity index (χ1v) is 9.23. The van der Waals surface area contributed by atoms with E-state index in [4.69, 9.17) is 10.5 Å². The molecule has 0 spiro atoms. The number of aryl methyl sites for hydroxylation is 2. The van der Waals surface area contributed by atoms with E-state index in [2.05, 4.69) is 16.9 Å². The van der Waals surface area contributed by atoms with Gasteiger partial charge in [0.05, 0.1) is 23.8 Å². The molecule has 1 aliphatic heterocycles. The molecule has 0 saturated carbocycles. The molecule has 1 amide bonds. The molecule has 1 aliphatic rings. The fraction of sp³-hybridized carbons (Fsp3) is 0.533. The normalized spacial score (nSPS) is 16.7. The molecule has 1 atom stereocenters. The first kappa shape index (κ1) is 16.5. The van der Waals surface area contributed by atoms with Crippen LogP contribution in [-0.2, 0) is 9.53 Å². The zero-order valence-electron chi connectivity index (χ0n) is 13.5. The Kier molecular flexibility index (Phi) is 4.74. The summed E-state index contributed by atoms with van der Waals surface area (Å²) in [6.07, 6.45) is 0. The topological polar surface area (TPSA) is 81.3 Å². The highest BCUT2D eigenvalue weighted by Crippen LogP contribution is 2.34. The van der Waals surface area contributed by atoms with Crippen molar-refractivity contribution >= 4 is 45.0 Å². The molecule has 8 heteroatoms. The van der Waals surface area contributed by atoms with Gasteiger partial charge in [-0.3, -0.25) is 4.79 Å². The van der Waals surface area contributed by atoms with Gasteiger partial charge in [-0.2, -0.15) is 0 Å². The molecule has 0 aromatic carbocycles. The van der Waals surface area contributed by atoms with E-state index in [-0.39, 0.29) is 11.2 Å². The Morgan fingerprint density at radius 3 is 2.74 bits per heavy atom. The number of nitrogens with zero attached hydrogens (tertiary/aromatic N) is 3. The van der Waals surface area contributed by atoms with Crippen molar-refractivity contribution in [3.63, 3.8) is 0 Å². The van der Waals surface area contributed by atoms with Crippen molar-refractivity contribution in [3.8, 4) is 0 Å². The number of fused-ring (bicyclic) bond motifs is 1. The number of ether oxygens (including phenoxy) is 1. The third-order valence-corrected chi connectivity index (χ3v) is 6.04. The lowest BCUT2D eigenvalue weighted by molar-refractivity contribution is -0.134. The number of anilines is 1. The molecular weight excluding hydrogens is 332 g/mol. The van der Waals surface area contributed by atoms with Gasteiger partial charge in [-0.1, -0.05) is 11.8 Å². The van der Waals surface area contributed by atoms with Gasteiger partial charge in [0.15, 0.2) is 5.16 Å². The zero-order valence-corrected chi connectivity index (χ0v) is 15.1. The minimum absolute atomic E-state index is 0.0964. The van der Waals surface area contributed by atoms with Crippen LogP contribution >= 0.6 is 23.1 Å². The van der Waals surface area contributed by atoms with Crippen molar-refractivity contribution in [2.24, 2.45) is 0 Å². The third kappa shape index (κ3) is 3.29. The molecule has 2 aromatic rings. The highest BCUT2D eigenvalue weighted by atomic mass is 32.2. The zero-order chi connectivity index (χ0) is 16.6. The summed E-state index contributed by atoms with van der Waals surface area (Å²) in [7, 11) is 0. The lowest BCUT2D eigenvalue weighted by Gasteiger charge is -2.28. The van der Waals surface area contributed by atoms with E-state index in [1.165, 1.54) is 16.6 Å². The van der Waals surface area contributed by atoms with Crippen molar-refractivity contribution in [2.75, 3.05) is 32.0 Å². The number of carbonyl (C=O) groups is 1. The molecule has 1 saturated heterocycles. The Hall–Kier alpha value is -1.38. The molecule has 23 heavy (non-hydrogen) atoms. The average Bonchev–Trinajstić information content (AvgIpc) is 2.82. The largest absolute Gasteiger partial charge is 0.383 e. The van der Waals surface area contributed by atoms with Gasteiger partial charge in [0.2, 0.25) is 5.91 Å². The van der Waals surface area contributed by atoms with Crippen LogP contribution in [0.15, 0.2) is 5.16 Å². The van der Waals surface area contributed by atoms with E-state index in [0.717, 1.165) is 15.8 Å². The van der Waals surface area contributed by atoms with E-state index >= 15 is 0 Å². The molecule has 0 aliphatic carbocycles. The van der Waals surface area contributed by atoms with E-state index in [1.807, 2.05) is 18.7 Å². The lowest BCUT2D eigenvalue weighted by Crippen LogP contribution is -2.44. The maximum absolute atomic E-state index is 12.5. The van der Waals surface area contributed by atoms with E-state index in [0.29, 0.717) is 37.3 Å². The maximum atomic E-state index is 12.5. The monoisotopic (exact) mass is 352 g/mol. The van der Waals surface area contributed by atoms with Gasteiger partial charge in [-0.15, -0.1) is 11.3 Å².